The molecule has 0 unspecified atom stereocenters. The van der Waals surface area contributed by atoms with E-state index in [2.05, 4.69) is 0 Å². The fraction of sp³-hybridized carbons (Fsp3) is 0. The molecule has 5 heteroatoms. The first-order chi connectivity index (χ1) is 0. The zero-order chi connectivity index (χ0) is 0. The summed E-state index contributed by atoms with van der Waals surface area (Å²) in [6.07, 6.45) is 0. The SMILES string of the molecule is O.O.O.[Be].[Ti]. The van der Waals surface area contributed by atoms with Crippen molar-refractivity contribution in [3.63, 3.8) is 0 Å². The van der Waals surface area contributed by atoms with Crippen molar-refractivity contribution in [3.05, 3.63) is 0 Å². The molecule has 0 saturated heterocycles. The average molecular weight is 111 g/mol. The fourth-order valence-electron chi connectivity index (χ4n) is 0. The Hall–Kier alpha value is 0.763. The minimum Gasteiger partial charge on any atom is -0.412 e. The molecule has 0 saturated carbocycles. The minimum atomic E-state index is 0. The molecular formula is H6BeO3Ti. The van der Waals surface area contributed by atoms with Crippen LogP contribution in [0.4, 0.5) is 0 Å². The van der Waals surface area contributed by atoms with E-state index in [0.717, 1.165) is 0 Å². The Morgan fingerprint density at radius 2 is 0.600 bits per heavy atom. The van der Waals surface area contributed by atoms with Crippen molar-refractivity contribution in [2.45, 2.75) is 0 Å². The largest absolute Gasteiger partial charge is 0.412 e. The van der Waals surface area contributed by atoms with E-state index in [0.29, 0.717) is 0 Å². The van der Waals surface area contributed by atoms with Crippen LogP contribution in [-0.4, -0.2) is 26.5 Å². The third-order valence-corrected chi connectivity index (χ3v) is 0. The van der Waals surface area contributed by atoms with E-state index >= 15 is 0 Å². The average Bonchev–Trinajstić information content (AvgIpc) is 0. The van der Waals surface area contributed by atoms with Gasteiger partial charge >= 0.3 is 0 Å². The summed E-state index contributed by atoms with van der Waals surface area (Å²) in [4.78, 5) is 0. The maximum absolute atomic E-state index is 0. The van der Waals surface area contributed by atoms with E-state index < -0.39 is 0 Å². The molecular weight excluding hydrogens is 105 g/mol. The Labute approximate surface area is 48.8 Å². The predicted molar refractivity (Wildman–Crippen MR) is 16.6 cm³/mol. The molecule has 0 aliphatic rings. The fourth-order valence-corrected chi connectivity index (χ4v) is 0. The van der Waals surface area contributed by atoms with Crippen molar-refractivity contribution in [1.29, 1.82) is 0 Å². The molecule has 0 spiro atoms. The van der Waals surface area contributed by atoms with Gasteiger partial charge < -0.3 is 16.4 Å². The van der Waals surface area contributed by atoms with Gasteiger partial charge in [-0.1, -0.05) is 0 Å². The Bertz CT molecular complexity index is 6.85. The maximum atomic E-state index is 0. The Morgan fingerprint density at radius 1 is 0.600 bits per heavy atom. The molecule has 3 nitrogen and oxygen atoms in total. The Balaban J connectivity index is 0. The minimum absolute atomic E-state index is 0. The number of hydrogen-bond donors (Lipinski definition) is 0. The van der Waals surface area contributed by atoms with Gasteiger partial charge in [-0.2, -0.15) is 0 Å². The third kappa shape index (κ3) is 62.4. The van der Waals surface area contributed by atoms with Crippen LogP contribution in [0.15, 0.2) is 0 Å². The molecule has 30 valence electrons. The summed E-state index contributed by atoms with van der Waals surface area (Å²) < 4.78 is 0. The summed E-state index contributed by atoms with van der Waals surface area (Å²) in [5.41, 5.74) is 0. The van der Waals surface area contributed by atoms with E-state index in [1.54, 1.807) is 0 Å². The van der Waals surface area contributed by atoms with Crippen LogP contribution in [0.2, 0.25) is 0 Å². The van der Waals surface area contributed by atoms with Crippen molar-refractivity contribution in [2.75, 3.05) is 0 Å². The molecule has 0 fully saturated rings. The van der Waals surface area contributed by atoms with Gasteiger partial charge in [-0.3, -0.25) is 0 Å². The molecule has 0 aromatic carbocycles. The van der Waals surface area contributed by atoms with Crippen LogP contribution in [-0.2, 0) is 21.7 Å². The molecule has 0 aromatic heterocycles. The Morgan fingerprint density at radius 3 is 0.600 bits per heavy atom. The first-order valence-electron chi connectivity index (χ1n) is 0. The Kier molecular flexibility index (Phi) is 5200. The predicted octanol–water partition coefficient (Wildman–Crippen LogP) is -2.86. The van der Waals surface area contributed by atoms with Crippen LogP contribution in [0.25, 0.3) is 0 Å². The van der Waals surface area contributed by atoms with Crippen LogP contribution < -0.4 is 0 Å². The van der Waals surface area contributed by atoms with Gasteiger partial charge in [-0.25, -0.2) is 0 Å². The van der Waals surface area contributed by atoms with Crippen LogP contribution in [0.5, 0.6) is 0 Å². The van der Waals surface area contributed by atoms with Gasteiger partial charge in [0.1, 0.15) is 0 Å². The molecule has 0 heterocycles. The van der Waals surface area contributed by atoms with Crippen molar-refractivity contribution in [1.82, 2.24) is 0 Å². The van der Waals surface area contributed by atoms with E-state index in [1.807, 2.05) is 0 Å². The second-order valence-corrected chi connectivity index (χ2v) is 0. The molecule has 0 amide bonds. The van der Waals surface area contributed by atoms with Gasteiger partial charge in [0.25, 0.3) is 0 Å². The molecule has 0 aromatic rings. The van der Waals surface area contributed by atoms with Gasteiger partial charge in [0, 0.05) is 31.8 Å². The molecule has 0 aliphatic carbocycles. The summed E-state index contributed by atoms with van der Waals surface area (Å²) in [6, 6.07) is 0. The second-order valence-electron chi connectivity index (χ2n) is 0. The third-order valence-electron chi connectivity index (χ3n) is 0. The summed E-state index contributed by atoms with van der Waals surface area (Å²) in [5.74, 6) is 0. The number of hydrogen-bond acceptors (Lipinski definition) is 0. The van der Waals surface area contributed by atoms with Crippen LogP contribution in [0.1, 0.15) is 0 Å². The van der Waals surface area contributed by atoms with Gasteiger partial charge in [-0.15, -0.1) is 0 Å². The van der Waals surface area contributed by atoms with Crippen molar-refractivity contribution >= 4 is 10.1 Å². The standard InChI is InChI=1S/Be.3H2O.Ti/h;3*1H2;. The molecule has 0 bridgehead atoms. The van der Waals surface area contributed by atoms with Crippen LogP contribution in [0, 0.1) is 0 Å². The van der Waals surface area contributed by atoms with Gasteiger partial charge in [-0.05, 0) is 0 Å². The van der Waals surface area contributed by atoms with Crippen molar-refractivity contribution in [3.8, 4) is 0 Å². The first-order valence-corrected chi connectivity index (χ1v) is 0. The van der Waals surface area contributed by atoms with Crippen molar-refractivity contribution in [2.24, 2.45) is 0 Å². The monoisotopic (exact) mass is 111 g/mol. The molecule has 2 radical (unpaired) electrons. The van der Waals surface area contributed by atoms with E-state index in [-0.39, 0.29) is 48.3 Å². The maximum Gasteiger partial charge on any atom is 0 e. The van der Waals surface area contributed by atoms with Gasteiger partial charge in [0.05, 0.1) is 0 Å². The van der Waals surface area contributed by atoms with Crippen LogP contribution >= 0.6 is 0 Å². The zero-order valence-corrected chi connectivity index (χ0v) is 4.27. The zero-order valence-electron chi connectivity index (χ0n) is 2.71. The topological polar surface area (TPSA) is 94.5 Å². The van der Waals surface area contributed by atoms with E-state index in [4.69, 9.17) is 0 Å². The van der Waals surface area contributed by atoms with Crippen molar-refractivity contribution < 1.29 is 38.1 Å². The first kappa shape index (κ1) is 225. The molecule has 0 aliphatic heterocycles. The second kappa shape index (κ2) is 116. The summed E-state index contributed by atoms with van der Waals surface area (Å²) in [7, 11) is 0. The summed E-state index contributed by atoms with van der Waals surface area (Å²) >= 11 is 0. The quantitative estimate of drug-likeness (QED) is 0.300. The smallest absolute Gasteiger partial charge is 0 e. The molecule has 0 atom stereocenters. The normalized spacial score (nSPS) is 0. The van der Waals surface area contributed by atoms with Crippen LogP contribution in [0.3, 0.4) is 0 Å². The molecule has 6 N–H and O–H groups in total. The summed E-state index contributed by atoms with van der Waals surface area (Å²) in [6.45, 7) is 0. The molecule has 0 rings (SSSR count). The molecule has 5 heavy (non-hydrogen) atoms. The summed E-state index contributed by atoms with van der Waals surface area (Å²) in [5, 5.41) is 0. The van der Waals surface area contributed by atoms with Gasteiger partial charge in [0.15, 0.2) is 0 Å². The van der Waals surface area contributed by atoms with E-state index in [9.17, 15) is 0 Å². The number of rotatable bonds is 0. The van der Waals surface area contributed by atoms with E-state index in [1.165, 1.54) is 0 Å². The van der Waals surface area contributed by atoms with Gasteiger partial charge in [0.2, 0.25) is 0 Å².